The van der Waals surface area contributed by atoms with Crippen LogP contribution in [0.3, 0.4) is 0 Å². The normalized spacial score (nSPS) is 21.5. The minimum absolute atomic E-state index is 0.139. The molecule has 1 spiro atoms. The van der Waals surface area contributed by atoms with Crippen molar-refractivity contribution in [2.24, 2.45) is 5.41 Å². The summed E-state index contributed by atoms with van der Waals surface area (Å²) in [6, 6.07) is 3.24. The molecule has 3 rings (SSSR count). The summed E-state index contributed by atoms with van der Waals surface area (Å²) in [5.41, 5.74) is -0.787. The molecule has 1 aromatic carbocycles. The predicted octanol–water partition coefficient (Wildman–Crippen LogP) is 2.15. The Bertz CT molecular complexity index is 601. The fourth-order valence-corrected chi connectivity index (χ4v) is 3.67. The summed E-state index contributed by atoms with van der Waals surface area (Å²) < 4.78 is 39.4. The lowest BCUT2D eigenvalue weighted by atomic mass is 9.73. The number of benzene rings is 1. The third kappa shape index (κ3) is 2.70. The first kappa shape index (κ1) is 15.3. The second-order valence-electron chi connectivity index (χ2n) is 6.49. The van der Waals surface area contributed by atoms with Crippen molar-refractivity contribution >= 4 is 5.97 Å². The lowest BCUT2D eigenvalue weighted by molar-refractivity contribution is -0.140. The number of alkyl halides is 3. The molecule has 2 aliphatic heterocycles. The van der Waals surface area contributed by atoms with Gasteiger partial charge in [-0.2, -0.15) is 13.2 Å². The molecule has 0 aromatic heterocycles. The van der Waals surface area contributed by atoms with Gasteiger partial charge in [-0.05, 0) is 24.7 Å². The number of carboxylic acids is 1. The zero-order valence-electron chi connectivity index (χ0n) is 12.2. The van der Waals surface area contributed by atoms with Gasteiger partial charge in [-0.3, -0.25) is 4.90 Å². The Balaban J connectivity index is 1.75. The average Bonchev–Trinajstić information content (AvgIpc) is 2.33. The third-order valence-corrected chi connectivity index (χ3v) is 4.38. The van der Waals surface area contributed by atoms with Gasteiger partial charge < -0.3 is 10.0 Å². The summed E-state index contributed by atoms with van der Waals surface area (Å²) in [6.07, 6.45) is -4.54. The Hall–Kier alpha value is -1.60. The highest BCUT2D eigenvalue weighted by Crippen LogP contribution is 2.40. The van der Waals surface area contributed by atoms with Crippen LogP contribution in [0, 0.1) is 5.41 Å². The minimum Gasteiger partial charge on any atom is -0.478 e. The molecule has 0 atom stereocenters. The first-order valence-corrected chi connectivity index (χ1v) is 7.03. The monoisotopic (exact) mass is 314 g/mol. The Kier molecular flexibility index (Phi) is 3.45. The molecule has 7 heteroatoms. The fraction of sp³-hybridized carbons (Fsp3) is 0.533. The Morgan fingerprint density at radius 3 is 2.41 bits per heavy atom. The topological polar surface area (TPSA) is 43.8 Å². The van der Waals surface area contributed by atoms with Gasteiger partial charge in [0.05, 0.1) is 11.1 Å². The van der Waals surface area contributed by atoms with E-state index in [0.29, 0.717) is 0 Å². The maximum absolute atomic E-state index is 13.1. The Labute approximate surface area is 126 Å². The molecule has 22 heavy (non-hydrogen) atoms. The number of hydrogen-bond donors (Lipinski definition) is 1. The van der Waals surface area contributed by atoms with E-state index in [9.17, 15) is 18.0 Å². The van der Waals surface area contributed by atoms with E-state index in [1.807, 2.05) is 11.9 Å². The Morgan fingerprint density at radius 2 is 1.91 bits per heavy atom. The standard InChI is InChI=1S/C15H17F3N2O2/c1-19-6-14(7-19)8-20(9-14)5-11-3-2-10(13(21)22)4-12(11)15(16,17)18/h2-4H,5-9H2,1H3,(H,21,22). The largest absolute Gasteiger partial charge is 0.478 e. The van der Waals surface area contributed by atoms with Crippen molar-refractivity contribution in [1.29, 1.82) is 0 Å². The van der Waals surface area contributed by atoms with Crippen molar-refractivity contribution in [3.8, 4) is 0 Å². The highest BCUT2D eigenvalue weighted by molar-refractivity contribution is 5.88. The van der Waals surface area contributed by atoms with Gasteiger partial charge in [0, 0.05) is 38.1 Å². The van der Waals surface area contributed by atoms with Crippen LogP contribution in [0.25, 0.3) is 0 Å². The molecule has 4 nitrogen and oxygen atoms in total. The van der Waals surface area contributed by atoms with Gasteiger partial charge in [0.15, 0.2) is 0 Å². The van der Waals surface area contributed by atoms with Crippen LogP contribution < -0.4 is 0 Å². The van der Waals surface area contributed by atoms with E-state index in [1.165, 1.54) is 12.1 Å². The molecular weight excluding hydrogens is 297 g/mol. The van der Waals surface area contributed by atoms with Crippen molar-refractivity contribution in [2.45, 2.75) is 12.7 Å². The molecule has 0 amide bonds. The van der Waals surface area contributed by atoms with Crippen LogP contribution in [-0.4, -0.2) is 54.1 Å². The molecule has 1 N–H and O–H groups in total. The van der Waals surface area contributed by atoms with E-state index >= 15 is 0 Å². The second-order valence-corrected chi connectivity index (χ2v) is 6.49. The predicted molar refractivity (Wildman–Crippen MR) is 73.6 cm³/mol. The summed E-state index contributed by atoms with van der Waals surface area (Å²) in [5.74, 6) is -1.35. The third-order valence-electron chi connectivity index (χ3n) is 4.38. The number of likely N-dealkylation sites (tertiary alicyclic amines) is 2. The summed E-state index contributed by atoms with van der Waals surface area (Å²) in [4.78, 5) is 15.0. The molecule has 0 radical (unpaired) electrons. The van der Waals surface area contributed by atoms with E-state index in [2.05, 4.69) is 4.90 Å². The van der Waals surface area contributed by atoms with E-state index in [4.69, 9.17) is 5.11 Å². The lowest BCUT2D eigenvalue weighted by Crippen LogP contribution is -2.70. The molecule has 0 unspecified atom stereocenters. The number of halogens is 3. The molecule has 2 heterocycles. The number of hydrogen-bond acceptors (Lipinski definition) is 3. The van der Waals surface area contributed by atoms with Gasteiger partial charge in [0.25, 0.3) is 0 Å². The SMILES string of the molecule is CN1CC2(C1)CN(Cc1ccc(C(=O)O)cc1C(F)(F)F)C2. The Morgan fingerprint density at radius 1 is 1.27 bits per heavy atom. The molecular formula is C15H17F3N2O2. The minimum atomic E-state index is -4.54. The van der Waals surface area contributed by atoms with Crippen molar-refractivity contribution in [3.63, 3.8) is 0 Å². The van der Waals surface area contributed by atoms with Gasteiger partial charge in [-0.1, -0.05) is 6.07 Å². The number of nitrogens with zero attached hydrogens (tertiary/aromatic N) is 2. The molecule has 0 saturated carbocycles. The zero-order chi connectivity index (χ0) is 16.1. The maximum Gasteiger partial charge on any atom is 0.416 e. The number of carbonyl (C=O) groups is 1. The second kappa shape index (κ2) is 4.96. The quantitative estimate of drug-likeness (QED) is 0.928. The molecule has 1 aromatic rings. The molecule has 2 fully saturated rings. The van der Waals surface area contributed by atoms with Crippen molar-refractivity contribution < 1.29 is 23.1 Å². The maximum atomic E-state index is 13.1. The van der Waals surface area contributed by atoms with Crippen LogP contribution in [-0.2, 0) is 12.7 Å². The van der Waals surface area contributed by atoms with Gasteiger partial charge in [0.2, 0.25) is 0 Å². The van der Waals surface area contributed by atoms with Crippen molar-refractivity contribution in [3.05, 3.63) is 34.9 Å². The van der Waals surface area contributed by atoms with Crippen LogP contribution in [0.4, 0.5) is 13.2 Å². The number of aromatic carboxylic acids is 1. The van der Waals surface area contributed by atoms with E-state index < -0.39 is 17.7 Å². The first-order chi connectivity index (χ1) is 10.2. The molecule has 0 bridgehead atoms. The van der Waals surface area contributed by atoms with E-state index in [0.717, 1.165) is 32.2 Å². The number of carboxylic acid groups (broad SMARTS) is 1. The lowest BCUT2D eigenvalue weighted by Gasteiger charge is -2.59. The first-order valence-electron chi connectivity index (χ1n) is 7.03. The van der Waals surface area contributed by atoms with Crippen LogP contribution in [0.15, 0.2) is 18.2 Å². The molecule has 120 valence electrons. The van der Waals surface area contributed by atoms with Crippen LogP contribution >= 0.6 is 0 Å². The zero-order valence-corrected chi connectivity index (χ0v) is 12.2. The van der Waals surface area contributed by atoms with Crippen LogP contribution in [0.2, 0.25) is 0 Å². The summed E-state index contributed by atoms with van der Waals surface area (Å²) in [5, 5.41) is 8.86. The number of rotatable bonds is 3. The van der Waals surface area contributed by atoms with Gasteiger partial charge in [-0.15, -0.1) is 0 Å². The van der Waals surface area contributed by atoms with Crippen molar-refractivity contribution in [1.82, 2.24) is 9.80 Å². The molecule has 2 aliphatic rings. The molecule has 0 aliphatic carbocycles. The smallest absolute Gasteiger partial charge is 0.416 e. The van der Waals surface area contributed by atoms with Gasteiger partial charge in [-0.25, -0.2) is 4.79 Å². The van der Waals surface area contributed by atoms with Crippen LogP contribution in [0.1, 0.15) is 21.5 Å². The summed E-state index contributed by atoms with van der Waals surface area (Å²) in [6.45, 7) is 3.80. The van der Waals surface area contributed by atoms with Gasteiger partial charge >= 0.3 is 12.1 Å². The van der Waals surface area contributed by atoms with Crippen LogP contribution in [0.5, 0.6) is 0 Å². The fourth-order valence-electron chi connectivity index (χ4n) is 3.67. The highest BCUT2D eigenvalue weighted by Gasteiger charge is 2.50. The molecule has 2 saturated heterocycles. The summed E-state index contributed by atoms with van der Waals surface area (Å²) >= 11 is 0. The van der Waals surface area contributed by atoms with E-state index in [1.54, 1.807) is 0 Å². The summed E-state index contributed by atoms with van der Waals surface area (Å²) in [7, 11) is 2.03. The average molecular weight is 314 g/mol. The van der Waals surface area contributed by atoms with E-state index in [-0.39, 0.29) is 23.1 Å². The van der Waals surface area contributed by atoms with Crippen molar-refractivity contribution in [2.75, 3.05) is 33.2 Å². The highest BCUT2D eigenvalue weighted by atomic mass is 19.4. The van der Waals surface area contributed by atoms with Gasteiger partial charge in [0.1, 0.15) is 0 Å².